The molecule has 0 fully saturated rings. The number of fused-ring (bicyclic) bond motifs is 11. The second-order valence-electron chi connectivity index (χ2n) is 11.8. The van der Waals surface area contributed by atoms with Crippen LogP contribution in [0.25, 0.3) is 11.1 Å². The lowest BCUT2D eigenvalue weighted by molar-refractivity contribution is 0.0479. The van der Waals surface area contributed by atoms with Gasteiger partial charge in [0.1, 0.15) is 29.6 Å². The number of benzene rings is 6. The molecule has 0 saturated heterocycles. The molecule has 0 amide bonds. The van der Waals surface area contributed by atoms with Gasteiger partial charge in [-0.1, -0.05) is 103 Å². The summed E-state index contributed by atoms with van der Waals surface area (Å²) in [6.07, 6.45) is 0. The van der Waals surface area contributed by atoms with Crippen LogP contribution < -0.4 is 9.47 Å². The summed E-state index contributed by atoms with van der Waals surface area (Å²) in [6.45, 7) is 0.204. The first-order chi connectivity index (χ1) is 21.7. The third kappa shape index (κ3) is 2.60. The molecule has 0 unspecified atom stereocenters. The van der Waals surface area contributed by atoms with Gasteiger partial charge in [0.15, 0.2) is 0 Å². The molecule has 208 valence electrons. The van der Waals surface area contributed by atoms with Crippen LogP contribution >= 0.6 is 0 Å². The molecule has 0 radical (unpaired) electrons. The Kier molecular flexibility index (Phi) is 4.49. The smallest absolute Gasteiger partial charge is 0.339 e. The van der Waals surface area contributed by atoms with E-state index in [2.05, 4.69) is 97.1 Å². The quantitative estimate of drug-likeness (QED) is 0.172. The van der Waals surface area contributed by atoms with Gasteiger partial charge in [0, 0.05) is 27.8 Å². The van der Waals surface area contributed by atoms with Crippen molar-refractivity contribution in [2.45, 2.75) is 17.4 Å². The number of carbonyl (C=O) groups excluding carboxylic acids is 1. The summed E-state index contributed by atoms with van der Waals surface area (Å²) in [4.78, 5) is 13.7. The van der Waals surface area contributed by atoms with Crippen molar-refractivity contribution in [3.05, 3.63) is 178 Å². The Morgan fingerprint density at radius 2 is 0.841 bits per heavy atom. The zero-order chi connectivity index (χ0) is 29.0. The van der Waals surface area contributed by atoms with Crippen molar-refractivity contribution in [3.63, 3.8) is 0 Å². The molecule has 6 aromatic carbocycles. The predicted molar refractivity (Wildman–Crippen MR) is 167 cm³/mol. The Bertz CT molecular complexity index is 2140. The molecular formula is C40H24O4. The van der Waals surface area contributed by atoms with Crippen LogP contribution in [0.15, 0.2) is 133 Å². The van der Waals surface area contributed by atoms with E-state index in [1.165, 1.54) is 0 Å². The summed E-state index contributed by atoms with van der Waals surface area (Å²) in [6, 6.07) is 46.1. The molecule has 3 aliphatic heterocycles. The zero-order valence-electron chi connectivity index (χ0n) is 23.5. The topological polar surface area (TPSA) is 44.8 Å². The maximum absolute atomic E-state index is 13.7. The van der Waals surface area contributed by atoms with Crippen LogP contribution in [0.4, 0.5) is 0 Å². The van der Waals surface area contributed by atoms with Crippen LogP contribution in [0.1, 0.15) is 49.3 Å². The van der Waals surface area contributed by atoms with Crippen LogP contribution in [-0.4, -0.2) is 5.97 Å². The molecule has 4 heteroatoms. The molecule has 2 spiro atoms. The van der Waals surface area contributed by atoms with E-state index in [1.807, 2.05) is 36.4 Å². The molecule has 4 nitrogen and oxygen atoms in total. The van der Waals surface area contributed by atoms with E-state index in [9.17, 15) is 4.79 Å². The Morgan fingerprint density at radius 1 is 0.432 bits per heavy atom. The molecule has 44 heavy (non-hydrogen) atoms. The lowest BCUT2D eigenvalue weighted by atomic mass is 9.42. The first-order valence-corrected chi connectivity index (χ1v) is 14.9. The Morgan fingerprint density at radius 3 is 1.34 bits per heavy atom. The number of carbonyl (C=O) groups is 1. The number of rotatable bonds is 0. The van der Waals surface area contributed by atoms with Crippen molar-refractivity contribution < 1.29 is 19.0 Å². The summed E-state index contributed by atoms with van der Waals surface area (Å²) < 4.78 is 19.4. The van der Waals surface area contributed by atoms with Crippen molar-refractivity contribution in [2.24, 2.45) is 0 Å². The Hall–Kier alpha value is -5.61. The molecule has 4 aliphatic rings. The second-order valence-corrected chi connectivity index (χ2v) is 11.8. The lowest BCUT2D eigenvalue weighted by Crippen LogP contribution is -2.57. The van der Waals surface area contributed by atoms with E-state index in [1.54, 1.807) is 0 Å². The highest BCUT2D eigenvalue weighted by Gasteiger charge is 2.67. The number of hydrogen-bond acceptors (Lipinski definition) is 4. The van der Waals surface area contributed by atoms with E-state index in [0.29, 0.717) is 5.56 Å². The molecule has 0 atom stereocenters. The summed E-state index contributed by atoms with van der Waals surface area (Å²) in [5.41, 5.74) is 8.23. The highest BCUT2D eigenvalue weighted by atomic mass is 16.5. The maximum atomic E-state index is 13.7. The average Bonchev–Trinajstić information content (AvgIpc) is 3.22. The van der Waals surface area contributed by atoms with Crippen LogP contribution in [0, 0.1) is 0 Å². The van der Waals surface area contributed by atoms with Crippen molar-refractivity contribution in [3.8, 4) is 34.1 Å². The van der Waals surface area contributed by atoms with Crippen LogP contribution in [0.3, 0.4) is 0 Å². The van der Waals surface area contributed by atoms with Gasteiger partial charge in [0.2, 0.25) is 0 Å². The molecule has 0 saturated carbocycles. The minimum atomic E-state index is -0.865. The van der Waals surface area contributed by atoms with E-state index < -0.39 is 10.8 Å². The molecule has 10 rings (SSSR count). The van der Waals surface area contributed by atoms with Crippen LogP contribution in [-0.2, 0) is 22.2 Å². The Labute approximate surface area is 254 Å². The standard InChI is InChI=1S/C40H24O4/c41-38-25-12-10-18-31-37(25)36-24(23-42-38)11-9-17-30(36)39(26-13-1-5-19-32(26)43-33-20-6-2-14-27(33)39)40(31)28-15-3-7-21-34(28)44-35-22-8-4-16-29(35)40/h1-22H,23H2. The summed E-state index contributed by atoms with van der Waals surface area (Å²) in [5, 5.41) is 0. The lowest BCUT2D eigenvalue weighted by Gasteiger charge is -2.59. The van der Waals surface area contributed by atoms with E-state index in [4.69, 9.17) is 14.2 Å². The van der Waals surface area contributed by atoms with Gasteiger partial charge in [0.25, 0.3) is 0 Å². The largest absolute Gasteiger partial charge is 0.457 e. The number of ether oxygens (including phenoxy) is 3. The second kappa shape index (κ2) is 8.27. The number of cyclic esters (lactones) is 1. The van der Waals surface area contributed by atoms with Crippen molar-refractivity contribution >= 4 is 5.97 Å². The molecule has 0 aromatic heterocycles. The normalized spacial score (nSPS) is 16.6. The van der Waals surface area contributed by atoms with Gasteiger partial charge < -0.3 is 14.2 Å². The molecular weight excluding hydrogens is 544 g/mol. The van der Waals surface area contributed by atoms with Gasteiger partial charge >= 0.3 is 5.97 Å². The first kappa shape index (κ1) is 23.9. The number of esters is 1. The molecule has 0 bridgehead atoms. The fraction of sp³-hybridized carbons (Fsp3) is 0.0750. The number of para-hydroxylation sites is 4. The van der Waals surface area contributed by atoms with Gasteiger partial charge in [-0.25, -0.2) is 4.79 Å². The molecule has 6 aromatic rings. The van der Waals surface area contributed by atoms with Crippen molar-refractivity contribution in [1.29, 1.82) is 0 Å². The average molecular weight is 569 g/mol. The molecule has 0 N–H and O–H groups in total. The first-order valence-electron chi connectivity index (χ1n) is 14.9. The highest BCUT2D eigenvalue weighted by Crippen LogP contribution is 2.72. The van der Waals surface area contributed by atoms with Gasteiger partial charge in [0.05, 0.1) is 16.4 Å². The fourth-order valence-corrected chi connectivity index (χ4v) is 8.63. The number of hydrogen-bond donors (Lipinski definition) is 0. The van der Waals surface area contributed by atoms with Crippen LogP contribution in [0.5, 0.6) is 23.0 Å². The summed E-state index contributed by atoms with van der Waals surface area (Å²) >= 11 is 0. The van der Waals surface area contributed by atoms with Gasteiger partial charge in [-0.15, -0.1) is 0 Å². The predicted octanol–water partition coefficient (Wildman–Crippen LogP) is 8.92. The third-order valence-electron chi connectivity index (χ3n) is 10.0. The minimum absolute atomic E-state index is 0.204. The van der Waals surface area contributed by atoms with Crippen molar-refractivity contribution in [2.75, 3.05) is 0 Å². The van der Waals surface area contributed by atoms with Gasteiger partial charge in [-0.3, -0.25) is 0 Å². The highest BCUT2D eigenvalue weighted by molar-refractivity contribution is 6.03. The van der Waals surface area contributed by atoms with Gasteiger partial charge in [-0.05, 0) is 52.6 Å². The van der Waals surface area contributed by atoms with Crippen molar-refractivity contribution in [1.82, 2.24) is 0 Å². The monoisotopic (exact) mass is 568 g/mol. The molecule has 3 heterocycles. The minimum Gasteiger partial charge on any atom is -0.457 e. The summed E-state index contributed by atoms with van der Waals surface area (Å²) in [5.74, 6) is 2.90. The zero-order valence-corrected chi connectivity index (χ0v) is 23.5. The van der Waals surface area contributed by atoms with E-state index in [-0.39, 0.29) is 12.6 Å². The van der Waals surface area contributed by atoms with E-state index in [0.717, 1.165) is 73.1 Å². The SMILES string of the molecule is O=C1OCc2cccc3c2-c2c1cccc2C1(c2ccccc2Oc2ccccc21)C31c2ccccc2Oc2ccccc21. The Balaban J connectivity index is 1.56. The third-order valence-corrected chi connectivity index (χ3v) is 10.0. The van der Waals surface area contributed by atoms with Gasteiger partial charge in [-0.2, -0.15) is 0 Å². The maximum Gasteiger partial charge on any atom is 0.339 e. The van der Waals surface area contributed by atoms with E-state index >= 15 is 0 Å². The van der Waals surface area contributed by atoms with Crippen LogP contribution in [0.2, 0.25) is 0 Å². The summed E-state index contributed by atoms with van der Waals surface area (Å²) in [7, 11) is 0. The molecule has 1 aliphatic carbocycles. The fourth-order valence-electron chi connectivity index (χ4n) is 8.63.